The maximum atomic E-state index is 8.14. The van der Waals surface area contributed by atoms with Crippen molar-refractivity contribution in [2.75, 3.05) is 0 Å². The fourth-order valence-corrected chi connectivity index (χ4v) is 0. The maximum Gasteiger partial charge on any atom is 0.181 e. The number of nitrogens with zero attached hydrogens (tertiary/aromatic N) is 1. The lowest BCUT2D eigenvalue weighted by atomic mass is 10.4. The smallest absolute Gasteiger partial charge is 0.146 e. The van der Waals surface area contributed by atoms with Crippen LogP contribution >= 0.6 is 0 Å². The summed E-state index contributed by atoms with van der Waals surface area (Å²) in [5.41, 5.74) is 0. The lowest BCUT2D eigenvalue weighted by Crippen LogP contribution is -2.43. The number of hydrogen-bond donors (Lipinski definition) is 3. The van der Waals surface area contributed by atoms with Crippen LogP contribution in [0.25, 0.3) is 0 Å². The van der Waals surface area contributed by atoms with Crippen LogP contribution in [0.15, 0.2) is 0 Å². The van der Waals surface area contributed by atoms with E-state index in [0.29, 0.717) is 0 Å². The van der Waals surface area contributed by atoms with Crippen LogP contribution in [0.1, 0.15) is 13.8 Å². The molecule has 0 rings (SSSR count). The highest BCUT2D eigenvalue weighted by atomic mass is 17.1. The second-order valence-corrected chi connectivity index (χ2v) is 1.71. The highest BCUT2D eigenvalue weighted by Gasteiger charge is 2.23. The van der Waals surface area contributed by atoms with Crippen LogP contribution in [-0.4, -0.2) is 26.6 Å². The molecule has 0 amide bonds. The molecule has 0 radical (unpaired) electrons. The Bertz CT molecular complexity index is 55.7. The zero-order valence-corrected chi connectivity index (χ0v) is 4.37. The molecule has 0 aromatic heterocycles. The Hall–Kier alpha value is -0.160. The van der Waals surface area contributed by atoms with Crippen LogP contribution in [0.3, 0.4) is 0 Å². The average Bonchev–Trinajstić information content (AvgIpc) is 1.31. The summed E-state index contributed by atoms with van der Waals surface area (Å²) in [4.78, 5) is -1.94. The molecule has 0 fully saturated rings. The number of quaternary nitrogens is 1. The van der Waals surface area contributed by atoms with E-state index in [2.05, 4.69) is 0 Å². The minimum absolute atomic E-state index is 0.597. The van der Waals surface area contributed by atoms with Gasteiger partial charge in [0.25, 0.3) is 0 Å². The standard InChI is InChI=1S/C3H10NO3/c1-3(2)4(5,6)7/h3,5-7H,1-2H3/q+1. The van der Waals surface area contributed by atoms with Crippen molar-refractivity contribution in [3.8, 4) is 0 Å². The van der Waals surface area contributed by atoms with E-state index < -0.39 is 11.0 Å². The highest BCUT2D eigenvalue weighted by Crippen LogP contribution is 1.95. The summed E-state index contributed by atoms with van der Waals surface area (Å²) in [6.07, 6.45) is 0. The Kier molecular flexibility index (Phi) is 1.71. The summed E-state index contributed by atoms with van der Waals surface area (Å²) in [6, 6.07) is -0.597. The van der Waals surface area contributed by atoms with Crippen LogP contribution in [0.4, 0.5) is 0 Å². The van der Waals surface area contributed by atoms with Gasteiger partial charge in [0.1, 0.15) is 0 Å². The minimum Gasteiger partial charge on any atom is -0.146 e. The Morgan fingerprint density at radius 3 is 1.29 bits per heavy atom. The topological polar surface area (TPSA) is 60.7 Å². The highest BCUT2D eigenvalue weighted by molar-refractivity contribution is 4.22. The predicted molar refractivity (Wildman–Crippen MR) is 20.8 cm³/mol. The van der Waals surface area contributed by atoms with Gasteiger partial charge in [-0.1, -0.05) is 0 Å². The predicted octanol–water partition coefficient (Wildman–Crippen LogP) is 0.379. The van der Waals surface area contributed by atoms with Gasteiger partial charge in [-0.15, -0.1) is 15.6 Å². The third-order valence-corrected chi connectivity index (χ3v) is 0.693. The van der Waals surface area contributed by atoms with Gasteiger partial charge in [-0.2, -0.15) is 0 Å². The second kappa shape index (κ2) is 1.75. The van der Waals surface area contributed by atoms with E-state index in [1.165, 1.54) is 13.8 Å². The summed E-state index contributed by atoms with van der Waals surface area (Å²) >= 11 is 0. The Balaban J connectivity index is 3.54. The molecule has 4 nitrogen and oxygen atoms in total. The number of hydroxylamine groups is 3. The first-order chi connectivity index (χ1) is 2.94. The van der Waals surface area contributed by atoms with Crippen molar-refractivity contribution in [3.63, 3.8) is 0 Å². The Morgan fingerprint density at radius 1 is 1.14 bits per heavy atom. The van der Waals surface area contributed by atoms with E-state index in [4.69, 9.17) is 15.6 Å². The van der Waals surface area contributed by atoms with Crippen LogP contribution in [0.5, 0.6) is 0 Å². The van der Waals surface area contributed by atoms with E-state index in [9.17, 15) is 0 Å². The van der Waals surface area contributed by atoms with E-state index in [1.54, 1.807) is 0 Å². The number of hydrogen-bond acceptors (Lipinski definition) is 3. The van der Waals surface area contributed by atoms with Crippen molar-refractivity contribution in [3.05, 3.63) is 0 Å². The Morgan fingerprint density at radius 2 is 1.29 bits per heavy atom. The first kappa shape index (κ1) is 6.84. The Labute approximate surface area is 41.7 Å². The molecule has 0 aliphatic heterocycles. The van der Waals surface area contributed by atoms with Gasteiger partial charge in [-0.25, -0.2) is 0 Å². The monoisotopic (exact) mass is 108 g/mol. The largest absolute Gasteiger partial charge is 0.181 e. The van der Waals surface area contributed by atoms with Gasteiger partial charge in [0.15, 0.2) is 6.04 Å². The summed E-state index contributed by atoms with van der Waals surface area (Å²) < 4.78 is 0. The summed E-state index contributed by atoms with van der Waals surface area (Å²) in [5, 5.41) is 24.4. The molecule has 0 unspecified atom stereocenters. The van der Waals surface area contributed by atoms with Gasteiger partial charge >= 0.3 is 0 Å². The molecular weight excluding hydrogens is 98.0 g/mol. The normalized spacial score (nSPS) is 12.9. The molecule has 0 aliphatic carbocycles. The average molecular weight is 108 g/mol. The van der Waals surface area contributed by atoms with Gasteiger partial charge in [-0.05, 0) is 13.8 Å². The molecule has 4 heteroatoms. The summed E-state index contributed by atoms with van der Waals surface area (Å²) in [7, 11) is 0. The molecule has 3 N–H and O–H groups in total. The fourth-order valence-electron chi connectivity index (χ4n) is 0. The molecule has 0 aromatic rings. The quantitative estimate of drug-likeness (QED) is 0.336. The van der Waals surface area contributed by atoms with E-state index in [1.807, 2.05) is 0 Å². The second-order valence-electron chi connectivity index (χ2n) is 1.71. The lowest BCUT2D eigenvalue weighted by molar-refractivity contribution is -1.38. The van der Waals surface area contributed by atoms with Crippen LogP contribution in [-0.2, 0) is 0 Å². The van der Waals surface area contributed by atoms with E-state index in [-0.39, 0.29) is 0 Å². The van der Waals surface area contributed by atoms with Gasteiger partial charge in [-0.3, -0.25) is 0 Å². The minimum atomic E-state index is -1.94. The van der Waals surface area contributed by atoms with Gasteiger partial charge in [0.05, 0.1) is 4.97 Å². The lowest BCUT2D eigenvalue weighted by Gasteiger charge is -2.14. The first-order valence-corrected chi connectivity index (χ1v) is 2.01. The fraction of sp³-hybridized carbons (Fsp3) is 1.00. The summed E-state index contributed by atoms with van der Waals surface area (Å²) in [5.74, 6) is 0. The molecule has 0 saturated heterocycles. The molecule has 0 atom stereocenters. The molecule has 0 aromatic carbocycles. The molecule has 0 spiro atoms. The van der Waals surface area contributed by atoms with Crippen molar-refractivity contribution in [2.24, 2.45) is 0 Å². The molecule has 44 valence electrons. The maximum absolute atomic E-state index is 8.14. The molecular formula is C3H10NO3+. The van der Waals surface area contributed by atoms with Gasteiger partial charge in [0, 0.05) is 0 Å². The molecule has 0 saturated carbocycles. The SMILES string of the molecule is CC(C)[N+](O)(O)O. The molecule has 0 heterocycles. The van der Waals surface area contributed by atoms with Crippen molar-refractivity contribution in [2.45, 2.75) is 19.9 Å². The zero-order valence-electron chi connectivity index (χ0n) is 4.37. The molecule has 0 bridgehead atoms. The first-order valence-electron chi connectivity index (χ1n) is 2.01. The van der Waals surface area contributed by atoms with Gasteiger partial charge < -0.3 is 0 Å². The molecule has 0 aliphatic rings. The summed E-state index contributed by atoms with van der Waals surface area (Å²) in [6.45, 7) is 2.94. The van der Waals surface area contributed by atoms with Crippen molar-refractivity contribution in [1.82, 2.24) is 0 Å². The van der Waals surface area contributed by atoms with Crippen LogP contribution in [0.2, 0.25) is 0 Å². The van der Waals surface area contributed by atoms with Crippen molar-refractivity contribution < 1.29 is 20.6 Å². The third kappa shape index (κ3) is 2.52. The van der Waals surface area contributed by atoms with E-state index >= 15 is 0 Å². The zero-order chi connectivity index (χ0) is 6.08. The third-order valence-electron chi connectivity index (χ3n) is 0.693. The van der Waals surface area contributed by atoms with Crippen LogP contribution < -0.4 is 0 Å². The van der Waals surface area contributed by atoms with Gasteiger partial charge in [0.2, 0.25) is 0 Å². The van der Waals surface area contributed by atoms with E-state index in [0.717, 1.165) is 0 Å². The van der Waals surface area contributed by atoms with Crippen molar-refractivity contribution in [1.29, 1.82) is 0 Å². The molecule has 7 heavy (non-hydrogen) atoms. The number of rotatable bonds is 1. The van der Waals surface area contributed by atoms with Crippen molar-refractivity contribution >= 4 is 0 Å². The van der Waals surface area contributed by atoms with Crippen LogP contribution in [0, 0.1) is 0 Å².